The Kier molecular flexibility index (Phi) is 6.82. The summed E-state index contributed by atoms with van der Waals surface area (Å²) in [5, 5.41) is 3.13. The van der Waals surface area contributed by atoms with E-state index in [2.05, 4.69) is 15.3 Å². The predicted octanol–water partition coefficient (Wildman–Crippen LogP) is 3.74. The van der Waals surface area contributed by atoms with Crippen molar-refractivity contribution in [1.82, 2.24) is 20.2 Å². The molecule has 202 valence electrons. The monoisotopic (exact) mass is 523 g/mol. The first-order valence-electron chi connectivity index (χ1n) is 13.5. The van der Waals surface area contributed by atoms with Crippen LogP contribution >= 0.6 is 0 Å². The number of aromatic nitrogens is 2. The summed E-state index contributed by atoms with van der Waals surface area (Å²) < 4.78 is 22.9. The number of carbonyl (C=O) groups excluding carboxylic acids is 2. The van der Waals surface area contributed by atoms with Crippen LogP contribution in [0.25, 0.3) is 11.3 Å². The van der Waals surface area contributed by atoms with Crippen molar-refractivity contribution in [3.05, 3.63) is 24.0 Å². The standard InChI is InChI=1S/C27H33N5O6/c1-2-35-27(34)31-11-8-18(9-12-31)30-26(33)32-13-10-19-23(28-15-29-25(19)32)22-20(36-14-17-4-3-5-17)6-7-21-24(22)38-16-37-21/h6-7,15,17-18H,2-5,8-14,16H2,1H3,(H,30,33). The summed E-state index contributed by atoms with van der Waals surface area (Å²) in [6.07, 6.45) is 6.79. The highest BCUT2D eigenvalue weighted by molar-refractivity contribution is 5.95. The van der Waals surface area contributed by atoms with Crippen LogP contribution in [0.15, 0.2) is 18.5 Å². The Labute approximate surface area is 221 Å². The van der Waals surface area contributed by atoms with Gasteiger partial charge in [-0.3, -0.25) is 4.90 Å². The summed E-state index contributed by atoms with van der Waals surface area (Å²) in [5.74, 6) is 3.15. The number of hydrogen-bond donors (Lipinski definition) is 1. The molecule has 1 saturated heterocycles. The lowest BCUT2D eigenvalue weighted by Gasteiger charge is -2.32. The highest BCUT2D eigenvalue weighted by Crippen LogP contribution is 2.49. The molecule has 2 aromatic rings. The molecule has 1 saturated carbocycles. The van der Waals surface area contributed by atoms with Crippen molar-refractivity contribution in [1.29, 1.82) is 0 Å². The van der Waals surface area contributed by atoms with Gasteiger partial charge in [0, 0.05) is 31.2 Å². The van der Waals surface area contributed by atoms with Crippen LogP contribution < -0.4 is 24.4 Å². The third kappa shape index (κ3) is 4.65. The highest BCUT2D eigenvalue weighted by Gasteiger charge is 2.34. The lowest BCUT2D eigenvalue weighted by Crippen LogP contribution is -2.50. The minimum atomic E-state index is -0.298. The van der Waals surface area contributed by atoms with Crippen molar-refractivity contribution in [2.75, 3.05) is 44.5 Å². The number of benzene rings is 1. The van der Waals surface area contributed by atoms with E-state index in [1.807, 2.05) is 12.1 Å². The molecular formula is C27H33N5O6. The molecule has 0 atom stereocenters. The van der Waals surface area contributed by atoms with Gasteiger partial charge in [0.05, 0.1) is 24.5 Å². The van der Waals surface area contributed by atoms with E-state index < -0.39 is 0 Å². The largest absolute Gasteiger partial charge is 0.492 e. The summed E-state index contributed by atoms with van der Waals surface area (Å²) in [6, 6.07) is 3.57. The molecule has 1 aromatic carbocycles. The number of nitrogens with zero attached hydrogens (tertiary/aromatic N) is 4. The van der Waals surface area contributed by atoms with E-state index in [4.69, 9.17) is 18.9 Å². The molecule has 4 heterocycles. The van der Waals surface area contributed by atoms with Gasteiger partial charge in [0.1, 0.15) is 17.9 Å². The molecule has 4 aliphatic rings. The maximum absolute atomic E-state index is 13.3. The molecule has 38 heavy (non-hydrogen) atoms. The van der Waals surface area contributed by atoms with E-state index >= 15 is 0 Å². The lowest BCUT2D eigenvalue weighted by atomic mass is 9.86. The second kappa shape index (κ2) is 10.5. The molecule has 0 unspecified atom stereocenters. The minimum Gasteiger partial charge on any atom is -0.492 e. The smallest absolute Gasteiger partial charge is 0.409 e. The summed E-state index contributed by atoms with van der Waals surface area (Å²) in [6.45, 7) is 4.55. The maximum Gasteiger partial charge on any atom is 0.409 e. The molecule has 11 heteroatoms. The van der Waals surface area contributed by atoms with Crippen LogP contribution in [0.5, 0.6) is 17.2 Å². The van der Waals surface area contributed by atoms with E-state index in [1.165, 1.54) is 25.6 Å². The van der Waals surface area contributed by atoms with Gasteiger partial charge in [-0.05, 0) is 57.1 Å². The first-order chi connectivity index (χ1) is 18.6. The molecule has 0 spiro atoms. The van der Waals surface area contributed by atoms with E-state index in [-0.39, 0.29) is 25.0 Å². The quantitative estimate of drug-likeness (QED) is 0.609. The number of amides is 3. The number of nitrogens with one attached hydrogen (secondary N) is 1. The Hall–Kier alpha value is -3.76. The number of fused-ring (bicyclic) bond motifs is 2. The summed E-state index contributed by atoms with van der Waals surface area (Å²) >= 11 is 0. The topological polar surface area (TPSA) is 115 Å². The second-order valence-electron chi connectivity index (χ2n) is 10.1. The van der Waals surface area contributed by atoms with Crippen molar-refractivity contribution < 1.29 is 28.5 Å². The van der Waals surface area contributed by atoms with Crippen molar-refractivity contribution >= 4 is 17.9 Å². The fourth-order valence-electron chi connectivity index (χ4n) is 5.45. The molecule has 1 N–H and O–H groups in total. The van der Waals surface area contributed by atoms with Crippen molar-refractivity contribution in [3.63, 3.8) is 0 Å². The Bertz CT molecular complexity index is 1210. The van der Waals surface area contributed by atoms with Crippen LogP contribution in [0, 0.1) is 5.92 Å². The molecule has 2 fully saturated rings. The average molecular weight is 524 g/mol. The zero-order chi connectivity index (χ0) is 26.1. The van der Waals surface area contributed by atoms with Gasteiger partial charge in [-0.15, -0.1) is 0 Å². The fraction of sp³-hybridized carbons (Fsp3) is 0.556. The zero-order valence-electron chi connectivity index (χ0n) is 21.6. The molecule has 3 amide bonds. The third-order valence-electron chi connectivity index (χ3n) is 7.79. The highest BCUT2D eigenvalue weighted by atomic mass is 16.7. The summed E-state index contributed by atoms with van der Waals surface area (Å²) in [7, 11) is 0. The summed E-state index contributed by atoms with van der Waals surface area (Å²) in [4.78, 5) is 37.8. The Morgan fingerprint density at radius 3 is 2.71 bits per heavy atom. The number of hydrogen-bond acceptors (Lipinski definition) is 8. The van der Waals surface area contributed by atoms with E-state index in [9.17, 15) is 9.59 Å². The molecule has 1 aliphatic carbocycles. The zero-order valence-corrected chi connectivity index (χ0v) is 21.6. The predicted molar refractivity (Wildman–Crippen MR) is 138 cm³/mol. The van der Waals surface area contributed by atoms with Gasteiger partial charge in [0.15, 0.2) is 11.5 Å². The van der Waals surface area contributed by atoms with Gasteiger partial charge in [-0.2, -0.15) is 0 Å². The minimum absolute atomic E-state index is 0.0204. The molecule has 3 aliphatic heterocycles. The summed E-state index contributed by atoms with van der Waals surface area (Å²) in [5.41, 5.74) is 2.35. The number of carbonyl (C=O) groups is 2. The van der Waals surface area contributed by atoms with Gasteiger partial charge < -0.3 is 29.2 Å². The van der Waals surface area contributed by atoms with Gasteiger partial charge in [0.25, 0.3) is 0 Å². The average Bonchev–Trinajstić information content (AvgIpc) is 3.55. The van der Waals surface area contributed by atoms with Crippen LogP contribution in [0.4, 0.5) is 15.4 Å². The van der Waals surface area contributed by atoms with E-state index in [0.717, 1.165) is 11.1 Å². The van der Waals surface area contributed by atoms with Crippen LogP contribution in [-0.2, 0) is 11.2 Å². The van der Waals surface area contributed by atoms with Gasteiger partial charge >= 0.3 is 12.1 Å². The number of likely N-dealkylation sites (tertiary alicyclic amines) is 1. The van der Waals surface area contributed by atoms with Crippen LogP contribution in [0.2, 0.25) is 0 Å². The number of rotatable bonds is 6. The molecule has 0 bridgehead atoms. The first-order valence-corrected chi connectivity index (χ1v) is 13.5. The molecule has 6 rings (SSSR count). The van der Waals surface area contributed by atoms with Crippen LogP contribution in [0.1, 0.15) is 44.6 Å². The molecule has 11 nitrogen and oxygen atoms in total. The Morgan fingerprint density at radius 2 is 1.95 bits per heavy atom. The SMILES string of the molecule is CCOC(=O)N1CCC(NC(=O)N2CCc3c(-c4c(OCC5CCC5)ccc5c4OCO5)ncnc32)CC1. The van der Waals surface area contributed by atoms with E-state index in [1.54, 1.807) is 16.7 Å². The molecule has 1 aromatic heterocycles. The number of piperidine rings is 1. The molecule has 0 radical (unpaired) electrons. The van der Waals surface area contributed by atoms with Crippen molar-refractivity contribution in [2.24, 2.45) is 5.92 Å². The fourth-order valence-corrected chi connectivity index (χ4v) is 5.45. The maximum atomic E-state index is 13.3. The number of urea groups is 1. The van der Waals surface area contributed by atoms with E-state index in [0.29, 0.717) is 86.8 Å². The number of anilines is 1. The van der Waals surface area contributed by atoms with Crippen LogP contribution in [-0.4, -0.2) is 72.7 Å². The van der Waals surface area contributed by atoms with Crippen molar-refractivity contribution in [3.8, 4) is 28.5 Å². The lowest BCUT2D eigenvalue weighted by molar-refractivity contribution is 0.0958. The third-order valence-corrected chi connectivity index (χ3v) is 7.79. The van der Waals surface area contributed by atoms with Crippen molar-refractivity contribution in [2.45, 2.75) is 51.5 Å². The van der Waals surface area contributed by atoms with Crippen LogP contribution in [0.3, 0.4) is 0 Å². The van der Waals surface area contributed by atoms with Gasteiger partial charge in [-0.25, -0.2) is 19.6 Å². The Balaban J connectivity index is 1.20. The molecular weight excluding hydrogens is 490 g/mol. The van der Waals surface area contributed by atoms with Gasteiger partial charge in [-0.1, -0.05) is 6.42 Å². The normalized spacial score (nSPS) is 18.7. The first kappa shape index (κ1) is 24.6. The number of ether oxygens (including phenoxy) is 4. The second-order valence-corrected chi connectivity index (χ2v) is 10.1. The Morgan fingerprint density at radius 1 is 1.11 bits per heavy atom. The van der Waals surface area contributed by atoms with Gasteiger partial charge in [0.2, 0.25) is 6.79 Å².